The molecule has 12 heteroatoms. The SMILES string of the molecule is CN1CCN([C@H](CCC(=O)OCc2ccccc2)C(=O)OC(C)(C)C)Cc2cccc(n2)CN([C@H](CCC(=O)OCc2ccccc2)C(=O)OC(C)(C)C)CC1. The molecule has 0 unspecified atom stereocenters. The van der Waals surface area contributed by atoms with Crippen LogP contribution in [-0.4, -0.2) is 100 Å². The highest BCUT2D eigenvalue weighted by Gasteiger charge is 2.34. The molecule has 0 saturated carbocycles. The van der Waals surface area contributed by atoms with Crippen molar-refractivity contribution in [2.75, 3.05) is 33.2 Å². The Kier molecular flexibility index (Phi) is 16.6. The lowest BCUT2D eigenvalue weighted by atomic mass is 10.1. The summed E-state index contributed by atoms with van der Waals surface area (Å²) in [5.41, 5.74) is 1.78. The van der Waals surface area contributed by atoms with Crippen LogP contribution in [0.1, 0.15) is 89.7 Å². The van der Waals surface area contributed by atoms with Crippen LogP contribution in [0.15, 0.2) is 78.9 Å². The Labute approximate surface area is 332 Å². The normalized spacial score (nSPS) is 16.1. The Balaban J connectivity index is 1.54. The average Bonchev–Trinajstić information content (AvgIpc) is 3.13. The lowest BCUT2D eigenvalue weighted by molar-refractivity contribution is -0.163. The number of rotatable bonds is 14. The molecule has 12 nitrogen and oxygen atoms in total. The zero-order chi connectivity index (χ0) is 40.7. The molecule has 0 saturated heterocycles. The van der Waals surface area contributed by atoms with Crippen LogP contribution in [0, 0.1) is 0 Å². The molecule has 1 aliphatic heterocycles. The molecule has 56 heavy (non-hydrogen) atoms. The molecule has 0 fully saturated rings. The van der Waals surface area contributed by atoms with E-state index in [4.69, 9.17) is 23.9 Å². The second-order valence-corrected chi connectivity index (χ2v) is 16.3. The highest BCUT2D eigenvalue weighted by atomic mass is 16.6. The summed E-state index contributed by atoms with van der Waals surface area (Å²) in [6.07, 6.45) is 0.505. The van der Waals surface area contributed by atoms with Gasteiger partial charge in [-0.1, -0.05) is 66.7 Å². The first-order valence-corrected chi connectivity index (χ1v) is 19.5. The van der Waals surface area contributed by atoms with E-state index in [1.807, 2.05) is 137 Å². The number of pyridine rings is 1. The van der Waals surface area contributed by atoms with Crippen molar-refractivity contribution in [2.24, 2.45) is 0 Å². The Morgan fingerprint density at radius 2 is 0.982 bits per heavy atom. The molecule has 0 spiro atoms. The minimum absolute atomic E-state index is 0.0391. The molecule has 0 amide bonds. The summed E-state index contributed by atoms with van der Waals surface area (Å²) in [7, 11) is 1.99. The molecule has 1 aromatic heterocycles. The Hall–Kier alpha value is -4.65. The second kappa shape index (κ2) is 21.0. The molecule has 0 radical (unpaired) electrons. The zero-order valence-electron chi connectivity index (χ0n) is 34.2. The van der Waals surface area contributed by atoms with Gasteiger partial charge in [0, 0.05) is 52.1 Å². The molecular weight excluding hydrogens is 713 g/mol. The Bertz CT molecular complexity index is 1590. The lowest BCUT2D eigenvalue weighted by Gasteiger charge is -2.36. The molecule has 0 aliphatic carbocycles. The van der Waals surface area contributed by atoms with E-state index < -0.39 is 47.2 Å². The summed E-state index contributed by atoms with van der Waals surface area (Å²) in [5.74, 6) is -1.60. The van der Waals surface area contributed by atoms with Gasteiger partial charge in [-0.3, -0.25) is 34.0 Å². The number of fused-ring (bicyclic) bond motifs is 2. The van der Waals surface area contributed by atoms with Gasteiger partial charge in [-0.15, -0.1) is 0 Å². The highest BCUT2D eigenvalue weighted by Crippen LogP contribution is 2.22. The molecule has 3 aromatic rings. The molecule has 304 valence electrons. The molecule has 2 heterocycles. The monoisotopic (exact) mass is 772 g/mol. The van der Waals surface area contributed by atoms with Gasteiger partial charge in [-0.2, -0.15) is 0 Å². The standard InChI is InChI=1S/C44H60N4O8/c1-43(2,3)55-41(51)37(21-23-39(49)53-31-33-15-10-8-11-16-33)47-27-25-46(7)26-28-48(30-36-20-14-19-35(29-47)45-36)38(42(52)56-44(4,5)6)22-24-40(50)54-32-34-17-12-9-13-18-34/h8-20,37-38H,21-32H2,1-7H3/t37-,38-/m1/s1. The van der Waals surface area contributed by atoms with Crippen molar-refractivity contribution in [3.63, 3.8) is 0 Å². The highest BCUT2D eigenvalue weighted by molar-refractivity contribution is 5.78. The van der Waals surface area contributed by atoms with Crippen LogP contribution in [-0.2, 0) is 64.4 Å². The molecule has 2 atom stereocenters. The van der Waals surface area contributed by atoms with Gasteiger partial charge in [-0.05, 0) is 84.7 Å². The fourth-order valence-corrected chi connectivity index (χ4v) is 6.29. The largest absolute Gasteiger partial charge is 0.461 e. The van der Waals surface area contributed by atoms with Crippen LogP contribution in [0.25, 0.3) is 0 Å². The maximum absolute atomic E-state index is 13.8. The molecule has 2 aromatic carbocycles. The van der Waals surface area contributed by atoms with Gasteiger partial charge >= 0.3 is 23.9 Å². The summed E-state index contributed by atoms with van der Waals surface area (Å²) in [6, 6.07) is 23.2. The molecule has 2 bridgehead atoms. The lowest BCUT2D eigenvalue weighted by Crippen LogP contribution is -2.49. The number of carbonyl (C=O) groups is 4. The van der Waals surface area contributed by atoms with E-state index in [0.29, 0.717) is 39.3 Å². The van der Waals surface area contributed by atoms with Crippen molar-refractivity contribution < 1.29 is 38.1 Å². The van der Waals surface area contributed by atoms with Crippen LogP contribution in [0.2, 0.25) is 0 Å². The first kappa shape index (κ1) is 44.1. The van der Waals surface area contributed by atoms with E-state index in [1.54, 1.807) is 0 Å². The summed E-state index contributed by atoms with van der Waals surface area (Å²) < 4.78 is 22.9. The van der Waals surface area contributed by atoms with Gasteiger partial charge in [0.1, 0.15) is 36.5 Å². The van der Waals surface area contributed by atoms with Crippen LogP contribution >= 0.6 is 0 Å². The van der Waals surface area contributed by atoms with E-state index in [-0.39, 0.29) is 38.9 Å². The number of ether oxygens (including phenoxy) is 4. The van der Waals surface area contributed by atoms with Crippen molar-refractivity contribution in [3.8, 4) is 0 Å². The first-order chi connectivity index (χ1) is 26.5. The van der Waals surface area contributed by atoms with Crippen molar-refractivity contribution in [2.45, 2.75) is 117 Å². The number of likely N-dealkylation sites (N-methyl/N-ethyl adjacent to an activating group) is 1. The topological polar surface area (TPSA) is 128 Å². The number of nitrogens with zero attached hydrogens (tertiary/aromatic N) is 4. The predicted octanol–water partition coefficient (Wildman–Crippen LogP) is 6.10. The van der Waals surface area contributed by atoms with E-state index >= 15 is 0 Å². The van der Waals surface area contributed by atoms with Gasteiger partial charge < -0.3 is 23.8 Å². The van der Waals surface area contributed by atoms with Crippen molar-refractivity contribution >= 4 is 23.9 Å². The number of hydrogen-bond acceptors (Lipinski definition) is 12. The van der Waals surface area contributed by atoms with Gasteiger partial charge in [-0.25, -0.2) is 0 Å². The van der Waals surface area contributed by atoms with Crippen LogP contribution in [0.3, 0.4) is 0 Å². The summed E-state index contributed by atoms with van der Waals surface area (Å²) in [6.45, 7) is 14.1. The maximum atomic E-state index is 13.8. The van der Waals surface area contributed by atoms with Crippen LogP contribution < -0.4 is 0 Å². The first-order valence-electron chi connectivity index (χ1n) is 19.5. The predicted molar refractivity (Wildman–Crippen MR) is 213 cm³/mol. The number of hydrogen-bond donors (Lipinski definition) is 0. The van der Waals surface area contributed by atoms with Crippen molar-refractivity contribution in [1.82, 2.24) is 19.7 Å². The van der Waals surface area contributed by atoms with Crippen LogP contribution in [0.5, 0.6) is 0 Å². The number of esters is 4. The van der Waals surface area contributed by atoms with Crippen molar-refractivity contribution in [1.29, 1.82) is 0 Å². The fraction of sp³-hybridized carbons (Fsp3) is 0.523. The summed E-state index contributed by atoms with van der Waals surface area (Å²) in [4.78, 5) is 64.6. The van der Waals surface area contributed by atoms with Gasteiger partial charge in [0.25, 0.3) is 0 Å². The van der Waals surface area contributed by atoms with E-state index in [1.165, 1.54) is 0 Å². The zero-order valence-corrected chi connectivity index (χ0v) is 34.2. The summed E-state index contributed by atoms with van der Waals surface area (Å²) >= 11 is 0. The third-order valence-corrected chi connectivity index (χ3v) is 9.10. The Morgan fingerprint density at radius 3 is 1.36 bits per heavy atom. The smallest absolute Gasteiger partial charge is 0.323 e. The van der Waals surface area contributed by atoms with Gasteiger partial charge in [0.05, 0.1) is 11.4 Å². The molecule has 0 N–H and O–H groups in total. The molecule has 1 aliphatic rings. The third-order valence-electron chi connectivity index (χ3n) is 9.10. The van der Waals surface area contributed by atoms with Gasteiger partial charge in [0.15, 0.2) is 0 Å². The average molecular weight is 773 g/mol. The Morgan fingerprint density at radius 1 is 0.589 bits per heavy atom. The van der Waals surface area contributed by atoms with Gasteiger partial charge in [0.2, 0.25) is 0 Å². The third kappa shape index (κ3) is 15.8. The van der Waals surface area contributed by atoms with E-state index in [9.17, 15) is 19.2 Å². The second-order valence-electron chi connectivity index (χ2n) is 16.3. The number of carbonyl (C=O) groups excluding carboxylic acids is 4. The quantitative estimate of drug-likeness (QED) is 0.139. The van der Waals surface area contributed by atoms with E-state index in [0.717, 1.165) is 22.5 Å². The number of benzene rings is 2. The van der Waals surface area contributed by atoms with E-state index in [2.05, 4.69) is 4.90 Å². The summed E-state index contributed by atoms with van der Waals surface area (Å²) in [5, 5.41) is 0. The number of aromatic nitrogens is 1. The molecular formula is C44H60N4O8. The molecule has 4 rings (SSSR count). The minimum atomic E-state index is -0.727. The maximum Gasteiger partial charge on any atom is 0.323 e. The minimum Gasteiger partial charge on any atom is -0.461 e. The van der Waals surface area contributed by atoms with Crippen molar-refractivity contribution in [3.05, 3.63) is 101 Å². The fourth-order valence-electron chi connectivity index (χ4n) is 6.29. The van der Waals surface area contributed by atoms with Crippen LogP contribution in [0.4, 0.5) is 0 Å².